The summed E-state index contributed by atoms with van der Waals surface area (Å²) in [5.74, 6) is -1.33. The smallest absolute Gasteiger partial charge is 0.462 e. The standard InChI is InChI=1S/C68H132O17P2/c1-6-9-12-15-18-21-22-29-33-37-42-47-52-66(71)79-58-64(85-68(73)54-49-44-39-34-30-27-25-23-24-26-28-32-35-40-45-50-61(4)5)60-83-87(76,77)81-56-62(69)55-80-86(74,75)82-59-63(57-78-65(70)51-46-41-36-20-17-14-11-8-3)84-67(72)53-48-43-38-31-19-16-13-10-7-2/h61-64,69H,6-60H2,1-5H3,(H,74,75)(H,76,77)/t62-,63+,64+/m0/s1. The van der Waals surface area contributed by atoms with Crippen molar-refractivity contribution in [2.24, 2.45) is 5.92 Å². The minimum Gasteiger partial charge on any atom is -0.462 e. The fourth-order valence-corrected chi connectivity index (χ4v) is 11.9. The number of esters is 4. The Morgan fingerprint density at radius 2 is 0.529 bits per heavy atom. The van der Waals surface area contributed by atoms with Crippen molar-refractivity contribution in [1.82, 2.24) is 0 Å². The first-order valence-corrected chi connectivity index (χ1v) is 38.6. The van der Waals surface area contributed by atoms with Crippen LogP contribution in [0.25, 0.3) is 0 Å². The third-order valence-electron chi connectivity index (χ3n) is 15.8. The molecule has 0 aromatic carbocycles. The van der Waals surface area contributed by atoms with Gasteiger partial charge in [0.25, 0.3) is 0 Å². The van der Waals surface area contributed by atoms with Gasteiger partial charge in [-0.15, -0.1) is 0 Å². The molecular formula is C68H132O17P2. The SMILES string of the molecule is CCCCCCCCCCCCCCC(=O)OC[C@H](COP(=O)(O)OC[C@@H](O)COP(=O)(O)OC[C@@H](COC(=O)CCCCCCCCCC)OC(=O)CCCCCCCCCCC)OC(=O)CCCCCCCCCCCCCCCCCC(C)C. The average molecular weight is 1280 g/mol. The molecule has 0 saturated carbocycles. The van der Waals surface area contributed by atoms with Crippen molar-refractivity contribution < 1.29 is 80.2 Å². The highest BCUT2D eigenvalue weighted by molar-refractivity contribution is 7.47. The van der Waals surface area contributed by atoms with Gasteiger partial charge in [-0.3, -0.25) is 37.3 Å². The van der Waals surface area contributed by atoms with E-state index in [9.17, 15) is 43.2 Å². The molecule has 0 rings (SSSR count). The fraction of sp³-hybridized carbons (Fsp3) is 0.941. The molecule has 19 heteroatoms. The van der Waals surface area contributed by atoms with Crippen molar-refractivity contribution in [3.8, 4) is 0 Å². The van der Waals surface area contributed by atoms with E-state index in [1.165, 1.54) is 167 Å². The third-order valence-corrected chi connectivity index (χ3v) is 17.7. The van der Waals surface area contributed by atoms with E-state index in [1.807, 2.05) is 0 Å². The number of aliphatic hydroxyl groups excluding tert-OH is 1. The van der Waals surface area contributed by atoms with Crippen molar-refractivity contribution in [3.05, 3.63) is 0 Å². The lowest BCUT2D eigenvalue weighted by atomic mass is 10.0. The zero-order chi connectivity index (χ0) is 64.2. The van der Waals surface area contributed by atoms with Crippen LogP contribution in [0.5, 0.6) is 0 Å². The second-order valence-corrected chi connectivity index (χ2v) is 27.9. The van der Waals surface area contributed by atoms with Gasteiger partial charge in [0.05, 0.1) is 26.4 Å². The number of ether oxygens (including phenoxy) is 4. The lowest BCUT2D eigenvalue weighted by molar-refractivity contribution is -0.161. The van der Waals surface area contributed by atoms with Crippen molar-refractivity contribution >= 4 is 39.5 Å². The molecule has 0 aliphatic rings. The van der Waals surface area contributed by atoms with Crippen LogP contribution in [0.2, 0.25) is 0 Å². The van der Waals surface area contributed by atoms with E-state index in [0.717, 1.165) is 102 Å². The van der Waals surface area contributed by atoms with Gasteiger partial charge in [0.2, 0.25) is 0 Å². The highest BCUT2D eigenvalue weighted by Crippen LogP contribution is 2.45. The summed E-state index contributed by atoms with van der Waals surface area (Å²) in [4.78, 5) is 72.3. The summed E-state index contributed by atoms with van der Waals surface area (Å²) in [5.41, 5.74) is 0. The van der Waals surface area contributed by atoms with Gasteiger partial charge in [-0.25, -0.2) is 9.13 Å². The number of carbonyl (C=O) groups is 4. The van der Waals surface area contributed by atoms with Crippen LogP contribution in [0.15, 0.2) is 0 Å². The van der Waals surface area contributed by atoms with Gasteiger partial charge >= 0.3 is 39.5 Å². The number of hydrogen-bond acceptors (Lipinski definition) is 15. The molecule has 516 valence electrons. The van der Waals surface area contributed by atoms with Crippen molar-refractivity contribution in [1.29, 1.82) is 0 Å². The molecule has 2 unspecified atom stereocenters. The highest BCUT2D eigenvalue weighted by atomic mass is 31.2. The molecule has 3 N–H and O–H groups in total. The lowest BCUT2D eigenvalue weighted by Crippen LogP contribution is -2.30. The number of phosphoric acid groups is 2. The van der Waals surface area contributed by atoms with E-state index in [0.29, 0.717) is 25.7 Å². The molecule has 0 saturated heterocycles. The molecule has 0 fully saturated rings. The molecule has 0 aliphatic heterocycles. The average Bonchev–Trinajstić information content (AvgIpc) is 3.64. The van der Waals surface area contributed by atoms with Gasteiger partial charge in [0.15, 0.2) is 12.2 Å². The molecule has 0 heterocycles. The highest BCUT2D eigenvalue weighted by Gasteiger charge is 2.30. The first-order valence-electron chi connectivity index (χ1n) is 35.6. The topological polar surface area (TPSA) is 237 Å². The molecule has 17 nitrogen and oxygen atoms in total. The van der Waals surface area contributed by atoms with Crippen molar-refractivity contribution in [2.45, 2.75) is 368 Å². The van der Waals surface area contributed by atoms with Crippen LogP contribution < -0.4 is 0 Å². The molecule has 0 aliphatic carbocycles. The molecule has 0 amide bonds. The van der Waals surface area contributed by atoms with E-state index in [1.54, 1.807) is 0 Å². The Morgan fingerprint density at radius 1 is 0.310 bits per heavy atom. The van der Waals surface area contributed by atoms with Gasteiger partial charge in [-0.1, -0.05) is 298 Å². The Morgan fingerprint density at radius 3 is 0.782 bits per heavy atom. The van der Waals surface area contributed by atoms with Crippen LogP contribution in [0, 0.1) is 5.92 Å². The molecule has 87 heavy (non-hydrogen) atoms. The predicted molar refractivity (Wildman–Crippen MR) is 349 cm³/mol. The number of rotatable bonds is 68. The second-order valence-electron chi connectivity index (χ2n) is 25.0. The van der Waals surface area contributed by atoms with E-state index in [-0.39, 0.29) is 25.7 Å². The number of unbranched alkanes of at least 4 members (excludes halogenated alkanes) is 40. The zero-order valence-electron chi connectivity index (χ0n) is 56.2. The first-order chi connectivity index (χ1) is 42.0. The number of hydrogen-bond donors (Lipinski definition) is 3. The van der Waals surface area contributed by atoms with Crippen LogP contribution >= 0.6 is 15.6 Å². The summed E-state index contributed by atoms with van der Waals surface area (Å²) in [6.07, 6.45) is 47.2. The van der Waals surface area contributed by atoms with Crippen LogP contribution in [0.3, 0.4) is 0 Å². The summed E-state index contributed by atoms with van der Waals surface area (Å²) >= 11 is 0. The Kier molecular flexibility index (Phi) is 60.2. The monoisotopic (exact) mass is 1280 g/mol. The Bertz CT molecular complexity index is 1690. The molecule has 0 spiro atoms. The van der Waals surface area contributed by atoms with Gasteiger partial charge in [-0.2, -0.15) is 0 Å². The Labute approximate surface area is 530 Å². The molecule has 0 bridgehead atoms. The summed E-state index contributed by atoms with van der Waals surface area (Å²) in [5, 5.41) is 10.6. The quantitative estimate of drug-likeness (QED) is 0.0222. The zero-order valence-corrected chi connectivity index (χ0v) is 57.9. The predicted octanol–water partition coefficient (Wildman–Crippen LogP) is 19.4. The maximum Gasteiger partial charge on any atom is 0.472 e. The van der Waals surface area contributed by atoms with Crippen molar-refractivity contribution in [2.75, 3.05) is 39.6 Å². The van der Waals surface area contributed by atoms with E-state index < -0.39 is 97.5 Å². The van der Waals surface area contributed by atoms with Gasteiger partial charge in [-0.05, 0) is 31.6 Å². The molecule has 0 radical (unpaired) electrons. The van der Waals surface area contributed by atoms with Gasteiger partial charge in [0, 0.05) is 25.7 Å². The number of aliphatic hydroxyl groups is 1. The van der Waals surface area contributed by atoms with E-state index in [2.05, 4.69) is 34.6 Å². The number of phosphoric ester groups is 2. The summed E-state index contributed by atoms with van der Waals surface area (Å²) in [6.45, 7) is 7.21. The molecule has 0 aromatic heterocycles. The Balaban J connectivity index is 5.18. The van der Waals surface area contributed by atoms with E-state index in [4.69, 9.17) is 37.0 Å². The maximum atomic E-state index is 13.0. The minimum absolute atomic E-state index is 0.106. The molecule has 0 aromatic rings. The van der Waals surface area contributed by atoms with Gasteiger partial charge in [0.1, 0.15) is 19.3 Å². The van der Waals surface area contributed by atoms with Crippen molar-refractivity contribution in [3.63, 3.8) is 0 Å². The first kappa shape index (κ1) is 85.1. The largest absolute Gasteiger partial charge is 0.472 e. The fourth-order valence-electron chi connectivity index (χ4n) is 10.3. The second kappa shape index (κ2) is 61.6. The number of carbonyl (C=O) groups excluding carboxylic acids is 4. The van der Waals surface area contributed by atoms with E-state index >= 15 is 0 Å². The summed E-state index contributed by atoms with van der Waals surface area (Å²) < 4.78 is 68.1. The normalized spacial score (nSPS) is 14.1. The van der Waals surface area contributed by atoms with Crippen LogP contribution in [-0.4, -0.2) is 96.7 Å². The summed E-state index contributed by atoms with van der Waals surface area (Å²) in [6, 6.07) is 0. The van der Waals surface area contributed by atoms with Crippen LogP contribution in [0.1, 0.15) is 349 Å². The Hall–Kier alpha value is -1.94. The molecule has 5 atom stereocenters. The minimum atomic E-state index is -4.95. The molecular weight excluding hydrogens is 1150 g/mol. The van der Waals surface area contributed by atoms with Crippen LogP contribution in [-0.2, 0) is 65.4 Å². The maximum absolute atomic E-state index is 13.0. The van der Waals surface area contributed by atoms with Gasteiger partial charge < -0.3 is 33.8 Å². The third kappa shape index (κ3) is 62.6. The van der Waals surface area contributed by atoms with Crippen LogP contribution in [0.4, 0.5) is 0 Å². The summed E-state index contributed by atoms with van der Waals surface area (Å²) in [7, 11) is -9.89. The lowest BCUT2D eigenvalue weighted by Gasteiger charge is -2.21.